The van der Waals surface area contributed by atoms with E-state index in [1.54, 1.807) is 13.8 Å². The molecule has 0 aliphatic rings. The lowest BCUT2D eigenvalue weighted by atomic mass is 10.1. The van der Waals surface area contributed by atoms with Crippen molar-refractivity contribution in [2.75, 3.05) is 19.0 Å². The maximum atomic E-state index is 9.58. The van der Waals surface area contributed by atoms with Crippen molar-refractivity contribution in [1.82, 2.24) is 0 Å². The van der Waals surface area contributed by atoms with Crippen LogP contribution >= 0.6 is 12.6 Å². The number of hydrogen-bond acceptors (Lipinski definition) is 6. The Morgan fingerprint density at radius 2 is 1.78 bits per heavy atom. The van der Waals surface area contributed by atoms with E-state index in [-0.39, 0.29) is 0 Å². The van der Waals surface area contributed by atoms with Gasteiger partial charge in [0.2, 0.25) is 0 Å². The zero-order valence-corrected chi connectivity index (χ0v) is 12.1. The van der Waals surface area contributed by atoms with Crippen LogP contribution in [0.5, 0.6) is 0 Å². The van der Waals surface area contributed by atoms with Gasteiger partial charge >= 0.3 is 0 Å². The summed E-state index contributed by atoms with van der Waals surface area (Å²) in [6.45, 7) is 3.48. The first kappa shape index (κ1) is 18.1. The Morgan fingerprint density at radius 3 is 2.33 bits per heavy atom. The first-order valence-corrected chi connectivity index (χ1v) is 7.01. The summed E-state index contributed by atoms with van der Waals surface area (Å²) in [6, 6.07) is 0. The quantitative estimate of drug-likeness (QED) is 0.253. The molecule has 18 heavy (non-hydrogen) atoms. The molecule has 0 amide bonds. The molecule has 0 aromatic carbocycles. The van der Waals surface area contributed by atoms with Gasteiger partial charge in [0.1, 0.15) is 12.2 Å². The predicted molar refractivity (Wildman–Crippen MR) is 72.8 cm³/mol. The van der Waals surface area contributed by atoms with Crippen LogP contribution in [0.2, 0.25) is 0 Å². The second kappa shape index (κ2) is 11.0. The fraction of sp³-hybridized carbons (Fsp3) is 1.00. The van der Waals surface area contributed by atoms with Crippen LogP contribution < -0.4 is 0 Å². The molecule has 0 heterocycles. The number of aliphatic hydroxyl groups is 3. The minimum absolute atomic E-state index is 0.448. The topological polar surface area (TPSA) is 79.2 Å². The molecule has 0 rings (SSSR count). The van der Waals surface area contributed by atoms with Gasteiger partial charge in [-0.1, -0.05) is 6.42 Å². The molecule has 0 bridgehead atoms. The van der Waals surface area contributed by atoms with Gasteiger partial charge in [-0.25, -0.2) is 0 Å². The summed E-state index contributed by atoms with van der Waals surface area (Å²) in [5.74, 6) is 0.883. The lowest BCUT2D eigenvalue weighted by Crippen LogP contribution is -2.41. The molecule has 0 aliphatic carbocycles. The molecule has 6 heteroatoms. The summed E-state index contributed by atoms with van der Waals surface area (Å²) in [7, 11) is 0. The smallest absolute Gasteiger partial charge is 0.155 e. The molecular weight excluding hydrogens is 256 g/mol. The fourth-order valence-electron chi connectivity index (χ4n) is 1.48. The summed E-state index contributed by atoms with van der Waals surface area (Å²) >= 11 is 4.12. The second-order valence-corrected chi connectivity index (χ2v) is 4.75. The zero-order chi connectivity index (χ0) is 14.0. The highest BCUT2D eigenvalue weighted by atomic mass is 32.1. The van der Waals surface area contributed by atoms with Crippen LogP contribution in [0, 0.1) is 0 Å². The van der Waals surface area contributed by atoms with E-state index in [0.29, 0.717) is 6.61 Å². The third-order valence-electron chi connectivity index (χ3n) is 2.62. The molecule has 4 atom stereocenters. The van der Waals surface area contributed by atoms with E-state index in [1.807, 2.05) is 0 Å². The second-order valence-electron chi connectivity index (χ2n) is 4.30. The normalized spacial score (nSPS) is 18.3. The van der Waals surface area contributed by atoms with Crippen LogP contribution in [-0.2, 0) is 9.47 Å². The minimum Gasteiger partial charge on any atom is -0.394 e. The highest BCUT2D eigenvalue weighted by Crippen LogP contribution is 2.08. The fourth-order valence-corrected chi connectivity index (χ4v) is 1.71. The maximum Gasteiger partial charge on any atom is 0.155 e. The lowest BCUT2D eigenvalue weighted by Gasteiger charge is -2.25. The van der Waals surface area contributed by atoms with Crippen molar-refractivity contribution in [3.05, 3.63) is 0 Å². The van der Waals surface area contributed by atoms with Gasteiger partial charge in [0, 0.05) is 6.61 Å². The number of hydrogen-bond donors (Lipinski definition) is 4. The van der Waals surface area contributed by atoms with Gasteiger partial charge in [-0.2, -0.15) is 12.6 Å². The SMILES string of the molecule is CC(O[C@@H](C)OCCCCCS)[C@@H](O)[C@H](O)CO. The average molecular weight is 282 g/mol. The van der Waals surface area contributed by atoms with Gasteiger partial charge in [0.15, 0.2) is 6.29 Å². The summed E-state index contributed by atoms with van der Waals surface area (Å²) < 4.78 is 10.8. The van der Waals surface area contributed by atoms with E-state index >= 15 is 0 Å². The molecule has 5 nitrogen and oxygen atoms in total. The highest BCUT2D eigenvalue weighted by Gasteiger charge is 2.24. The summed E-state index contributed by atoms with van der Waals surface area (Å²) in [4.78, 5) is 0. The molecule has 0 radical (unpaired) electrons. The van der Waals surface area contributed by atoms with Crippen molar-refractivity contribution in [3.63, 3.8) is 0 Å². The molecule has 110 valence electrons. The maximum absolute atomic E-state index is 9.58. The van der Waals surface area contributed by atoms with Gasteiger partial charge in [-0.15, -0.1) is 0 Å². The van der Waals surface area contributed by atoms with Gasteiger partial charge in [0.05, 0.1) is 12.7 Å². The van der Waals surface area contributed by atoms with E-state index in [0.717, 1.165) is 25.0 Å². The van der Waals surface area contributed by atoms with Gasteiger partial charge in [-0.05, 0) is 32.4 Å². The monoisotopic (exact) mass is 282 g/mol. The molecule has 0 aromatic rings. The van der Waals surface area contributed by atoms with Crippen molar-refractivity contribution in [2.45, 2.75) is 57.7 Å². The Kier molecular flexibility index (Phi) is 11.1. The number of aliphatic hydroxyl groups excluding tert-OH is 3. The van der Waals surface area contributed by atoms with Crippen molar-refractivity contribution < 1.29 is 24.8 Å². The largest absolute Gasteiger partial charge is 0.394 e. The van der Waals surface area contributed by atoms with Crippen LogP contribution in [-0.4, -0.2) is 58.9 Å². The molecule has 0 saturated carbocycles. The Balaban J connectivity index is 3.69. The van der Waals surface area contributed by atoms with Crippen LogP contribution in [0.25, 0.3) is 0 Å². The molecule has 0 spiro atoms. The molecule has 0 aliphatic heterocycles. The standard InChI is InChI=1S/C12H26O5S/c1-9(12(15)11(14)8-13)17-10(2)16-6-4-3-5-7-18/h9-15,18H,3-8H2,1-2H3/t9?,10-,11+,12+/m0/s1. The molecule has 3 N–H and O–H groups in total. The summed E-state index contributed by atoms with van der Waals surface area (Å²) in [5, 5.41) is 27.5. The third-order valence-corrected chi connectivity index (χ3v) is 2.94. The van der Waals surface area contributed by atoms with Crippen molar-refractivity contribution in [2.24, 2.45) is 0 Å². The van der Waals surface area contributed by atoms with Gasteiger partial charge < -0.3 is 24.8 Å². The highest BCUT2D eigenvalue weighted by molar-refractivity contribution is 7.80. The van der Waals surface area contributed by atoms with E-state index in [1.165, 1.54) is 0 Å². The number of rotatable bonds is 11. The lowest BCUT2D eigenvalue weighted by molar-refractivity contribution is -0.192. The zero-order valence-electron chi connectivity index (χ0n) is 11.2. The molecule has 0 saturated heterocycles. The van der Waals surface area contributed by atoms with E-state index in [4.69, 9.17) is 14.6 Å². The Labute approximate surface area is 115 Å². The van der Waals surface area contributed by atoms with Crippen molar-refractivity contribution in [3.8, 4) is 0 Å². The Morgan fingerprint density at radius 1 is 1.11 bits per heavy atom. The van der Waals surface area contributed by atoms with Crippen molar-refractivity contribution >= 4 is 12.6 Å². The van der Waals surface area contributed by atoms with Gasteiger partial charge in [0.25, 0.3) is 0 Å². The van der Waals surface area contributed by atoms with Crippen LogP contribution in [0.15, 0.2) is 0 Å². The number of ether oxygens (including phenoxy) is 2. The molecular formula is C12H26O5S. The molecule has 1 unspecified atom stereocenters. The predicted octanol–water partition coefficient (Wildman–Crippen LogP) is 0.568. The first-order valence-electron chi connectivity index (χ1n) is 6.37. The first-order chi connectivity index (χ1) is 8.52. The van der Waals surface area contributed by atoms with Crippen LogP contribution in [0.3, 0.4) is 0 Å². The van der Waals surface area contributed by atoms with Crippen molar-refractivity contribution in [1.29, 1.82) is 0 Å². The molecule has 0 fully saturated rings. The van der Waals surface area contributed by atoms with E-state index < -0.39 is 31.2 Å². The Hall–Kier alpha value is 0.150. The minimum atomic E-state index is -1.19. The Bertz CT molecular complexity index is 193. The number of thiol groups is 1. The van der Waals surface area contributed by atoms with Crippen LogP contribution in [0.1, 0.15) is 33.1 Å². The number of unbranched alkanes of at least 4 members (excludes halogenated alkanes) is 2. The van der Waals surface area contributed by atoms with Gasteiger partial charge in [-0.3, -0.25) is 0 Å². The summed E-state index contributed by atoms with van der Waals surface area (Å²) in [5.41, 5.74) is 0. The molecule has 0 aromatic heterocycles. The third kappa shape index (κ3) is 8.29. The van der Waals surface area contributed by atoms with E-state index in [9.17, 15) is 10.2 Å². The summed E-state index contributed by atoms with van der Waals surface area (Å²) in [6.07, 6.45) is -0.273. The van der Waals surface area contributed by atoms with E-state index in [2.05, 4.69) is 12.6 Å². The van der Waals surface area contributed by atoms with Crippen LogP contribution in [0.4, 0.5) is 0 Å². The average Bonchev–Trinajstić information content (AvgIpc) is 2.36.